The Bertz CT molecular complexity index is 812. The number of amides is 1. The Hall–Kier alpha value is -2.39. The number of hydrogen-bond acceptors (Lipinski definition) is 7. The average Bonchev–Trinajstić information content (AvgIpc) is 2.91. The van der Waals surface area contributed by atoms with Gasteiger partial charge in [-0.15, -0.1) is 0 Å². The molecule has 8 nitrogen and oxygen atoms in total. The lowest BCUT2D eigenvalue weighted by Crippen LogP contribution is -2.40. The molecule has 24 heavy (non-hydrogen) atoms. The number of benzene rings is 1. The Morgan fingerprint density at radius 3 is 2.46 bits per heavy atom. The van der Waals surface area contributed by atoms with Crippen molar-refractivity contribution in [3.05, 3.63) is 36.1 Å². The van der Waals surface area contributed by atoms with E-state index in [0.29, 0.717) is 15.8 Å². The third kappa shape index (κ3) is 3.92. The van der Waals surface area contributed by atoms with Crippen LogP contribution in [0.4, 0.5) is 11.5 Å². The standard InChI is InChI=1S/C15H19N3O5S/c1-10(2)22-9-15(19)18(14-8-11(3)23-17-14)24(20,21)13-6-4-12(16)5-7-13/h4-8,10H,9,16H2,1-3H3. The van der Waals surface area contributed by atoms with Gasteiger partial charge in [0.15, 0.2) is 5.82 Å². The van der Waals surface area contributed by atoms with Crippen LogP contribution in [0.25, 0.3) is 0 Å². The second kappa shape index (κ2) is 7.02. The summed E-state index contributed by atoms with van der Waals surface area (Å²) in [4.78, 5) is 12.4. The van der Waals surface area contributed by atoms with Gasteiger partial charge in [-0.1, -0.05) is 5.16 Å². The van der Waals surface area contributed by atoms with E-state index in [1.807, 2.05) is 0 Å². The van der Waals surface area contributed by atoms with Crippen LogP contribution in [0.15, 0.2) is 39.8 Å². The molecule has 1 amide bonds. The largest absolute Gasteiger partial charge is 0.399 e. The number of nitrogens with two attached hydrogens (primary N) is 1. The molecule has 130 valence electrons. The number of aryl methyl sites for hydroxylation is 1. The van der Waals surface area contributed by atoms with E-state index in [-0.39, 0.29) is 16.8 Å². The van der Waals surface area contributed by atoms with Crippen molar-refractivity contribution in [2.75, 3.05) is 16.6 Å². The monoisotopic (exact) mass is 353 g/mol. The first-order valence-corrected chi connectivity index (χ1v) is 8.64. The molecule has 0 saturated heterocycles. The molecule has 0 aliphatic heterocycles. The molecule has 0 saturated carbocycles. The molecule has 2 rings (SSSR count). The van der Waals surface area contributed by atoms with Crippen LogP contribution in [0, 0.1) is 6.92 Å². The summed E-state index contributed by atoms with van der Waals surface area (Å²) in [5, 5.41) is 3.64. The van der Waals surface area contributed by atoms with Crippen LogP contribution in [-0.4, -0.2) is 32.2 Å². The summed E-state index contributed by atoms with van der Waals surface area (Å²) in [7, 11) is -4.18. The van der Waals surface area contributed by atoms with Gasteiger partial charge in [0.1, 0.15) is 12.4 Å². The quantitative estimate of drug-likeness (QED) is 0.786. The van der Waals surface area contributed by atoms with Crippen molar-refractivity contribution in [3.8, 4) is 0 Å². The van der Waals surface area contributed by atoms with Gasteiger partial charge in [-0.25, -0.2) is 8.42 Å². The molecule has 0 bridgehead atoms. The van der Waals surface area contributed by atoms with Crippen molar-refractivity contribution >= 4 is 27.4 Å². The maximum atomic E-state index is 12.9. The highest BCUT2D eigenvalue weighted by molar-refractivity contribution is 7.93. The molecule has 1 heterocycles. The van der Waals surface area contributed by atoms with E-state index in [1.54, 1.807) is 20.8 Å². The fourth-order valence-corrected chi connectivity index (χ4v) is 3.22. The van der Waals surface area contributed by atoms with Gasteiger partial charge in [-0.05, 0) is 45.0 Å². The average molecular weight is 353 g/mol. The number of aromatic nitrogens is 1. The number of carbonyl (C=O) groups is 1. The van der Waals surface area contributed by atoms with Gasteiger partial charge in [0, 0.05) is 11.8 Å². The van der Waals surface area contributed by atoms with Gasteiger partial charge >= 0.3 is 0 Å². The highest BCUT2D eigenvalue weighted by Gasteiger charge is 2.33. The summed E-state index contributed by atoms with van der Waals surface area (Å²) in [6.07, 6.45) is -0.228. The van der Waals surface area contributed by atoms with Crippen molar-refractivity contribution in [1.29, 1.82) is 0 Å². The van der Waals surface area contributed by atoms with Crippen molar-refractivity contribution in [3.63, 3.8) is 0 Å². The molecule has 0 atom stereocenters. The van der Waals surface area contributed by atoms with Crippen molar-refractivity contribution < 1.29 is 22.5 Å². The van der Waals surface area contributed by atoms with E-state index in [4.69, 9.17) is 15.0 Å². The number of anilines is 2. The fraction of sp³-hybridized carbons (Fsp3) is 0.333. The van der Waals surface area contributed by atoms with Gasteiger partial charge in [-0.3, -0.25) is 4.79 Å². The SMILES string of the molecule is Cc1cc(N(C(=O)COC(C)C)S(=O)(=O)c2ccc(N)cc2)no1. The molecule has 0 radical (unpaired) electrons. The summed E-state index contributed by atoms with van der Waals surface area (Å²) in [5.74, 6) is -0.518. The summed E-state index contributed by atoms with van der Waals surface area (Å²) >= 11 is 0. The van der Waals surface area contributed by atoms with Gasteiger partial charge < -0.3 is 15.0 Å². The van der Waals surface area contributed by atoms with Crippen LogP contribution in [0.1, 0.15) is 19.6 Å². The van der Waals surface area contributed by atoms with E-state index in [0.717, 1.165) is 0 Å². The molecule has 0 aliphatic rings. The van der Waals surface area contributed by atoms with Crippen LogP contribution in [0.5, 0.6) is 0 Å². The zero-order chi connectivity index (χ0) is 17.9. The normalized spacial score (nSPS) is 11.7. The molecule has 1 aromatic carbocycles. The van der Waals surface area contributed by atoms with Crippen LogP contribution in [0.2, 0.25) is 0 Å². The third-order valence-corrected chi connectivity index (χ3v) is 4.75. The van der Waals surface area contributed by atoms with Crippen LogP contribution < -0.4 is 10.0 Å². The second-order valence-corrected chi connectivity index (χ2v) is 7.17. The predicted molar refractivity (Wildman–Crippen MR) is 87.9 cm³/mol. The van der Waals surface area contributed by atoms with Crippen molar-refractivity contribution in [2.24, 2.45) is 0 Å². The number of sulfonamides is 1. The molecule has 2 N–H and O–H groups in total. The van der Waals surface area contributed by atoms with Crippen LogP contribution >= 0.6 is 0 Å². The van der Waals surface area contributed by atoms with Gasteiger partial charge in [-0.2, -0.15) is 4.31 Å². The molecule has 0 unspecified atom stereocenters. The number of nitrogens with zero attached hydrogens (tertiary/aromatic N) is 2. The second-order valence-electron chi connectivity index (χ2n) is 5.39. The molecule has 0 spiro atoms. The first kappa shape index (κ1) is 18.0. The number of rotatable bonds is 6. The van der Waals surface area contributed by atoms with E-state index < -0.39 is 22.5 Å². The highest BCUT2D eigenvalue weighted by atomic mass is 32.2. The lowest BCUT2D eigenvalue weighted by atomic mass is 10.3. The number of nitrogen functional groups attached to an aromatic ring is 1. The minimum atomic E-state index is -4.18. The fourth-order valence-electron chi connectivity index (χ4n) is 1.88. The topological polar surface area (TPSA) is 116 Å². The smallest absolute Gasteiger partial charge is 0.272 e. The number of hydrogen-bond donors (Lipinski definition) is 1. The summed E-state index contributed by atoms with van der Waals surface area (Å²) in [6, 6.07) is 6.88. The maximum Gasteiger partial charge on any atom is 0.272 e. The first-order chi connectivity index (χ1) is 11.2. The Morgan fingerprint density at radius 1 is 1.33 bits per heavy atom. The molecule has 9 heteroatoms. The molecule has 1 aromatic heterocycles. The van der Waals surface area contributed by atoms with Crippen LogP contribution in [0.3, 0.4) is 0 Å². The highest BCUT2D eigenvalue weighted by Crippen LogP contribution is 2.24. The Labute approximate surface area is 140 Å². The van der Waals surface area contributed by atoms with E-state index in [1.165, 1.54) is 30.3 Å². The Kier molecular flexibility index (Phi) is 5.25. The van der Waals surface area contributed by atoms with Crippen molar-refractivity contribution in [1.82, 2.24) is 5.16 Å². The molecular formula is C15H19N3O5S. The molecule has 2 aromatic rings. The zero-order valence-electron chi connectivity index (χ0n) is 13.6. The van der Waals surface area contributed by atoms with Gasteiger partial charge in [0.2, 0.25) is 0 Å². The lowest BCUT2D eigenvalue weighted by molar-refractivity contribution is -0.123. The minimum absolute atomic E-state index is 0.0877. The predicted octanol–water partition coefficient (Wildman–Crippen LogP) is 1.71. The number of ether oxygens (including phenoxy) is 1. The van der Waals surface area contributed by atoms with Gasteiger partial charge in [0.05, 0.1) is 11.0 Å². The molecule has 0 fully saturated rings. The van der Waals surface area contributed by atoms with Crippen LogP contribution in [-0.2, 0) is 19.6 Å². The Balaban J connectivity index is 2.45. The summed E-state index contributed by atoms with van der Waals surface area (Å²) < 4.78 is 36.4. The molecule has 0 aliphatic carbocycles. The van der Waals surface area contributed by atoms with Crippen molar-refractivity contribution in [2.45, 2.75) is 31.8 Å². The van der Waals surface area contributed by atoms with E-state index in [9.17, 15) is 13.2 Å². The maximum absolute atomic E-state index is 12.9. The van der Waals surface area contributed by atoms with E-state index in [2.05, 4.69) is 5.16 Å². The third-order valence-electron chi connectivity index (χ3n) is 3.01. The molecular weight excluding hydrogens is 334 g/mol. The first-order valence-electron chi connectivity index (χ1n) is 7.20. The van der Waals surface area contributed by atoms with E-state index >= 15 is 0 Å². The minimum Gasteiger partial charge on any atom is -0.399 e. The number of carbonyl (C=O) groups excluding carboxylic acids is 1. The van der Waals surface area contributed by atoms with Gasteiger partial charge in [0.25, 0.3) is 15.9 Å². The zero-order valence-corrected chi connectivity index (χ0v) is 14.4. The Morgan fingerprint density at radius 2 is 1.96 bits per heavy atom. The summed E-state index contributed by atoms with van der Waals surface area (Å²) in [5.41, 5.74) is 5.99. The summed E-state index contributed by atoms with van der Waals surface area (Å²) in [6.45, 7) is 4.68. The lowest BCUT2D eigenvalue weighted by Gasteiger charge is -2.20.